The van der Waals surface area contributed by atoms with Gasteiger partial charge in [-0.1, -0.05) is 37.3 Å². The highest BCUT2D eigenvalue weighted by Gasteiger charge is 2.19. The van der Waals surface area contributed by atoms with Crippen LogP contribution in [0.25, 0.3) is 0 Å². The molecule has 1 saturated heterocycles. The number of amides is 2. The first-order valence-electron chi connectivity index (χ1n) is 6.46. The molecule has 18 heavy (non-hydrogen) atoms. The van der Waals surface area contributed by atoms with Gasteiger partial charge in [-0.05, 0) is 24.3 Å². The second-order valence-corrected chi connectivity index (χ2v) is 4.85. The first-order chi connectivity index (χ1) is 8.75. The molecule has 1 heterocycles. The summed E-state index contributed by atoms with van der Waals surface area (Å²) in [6.45, 7) is 4.27. The number of nitrogens with zero attached hydrogens (tertiary/aromatic N) is 1. The summed E-state index contributed by atoms with van der Waals surface area (Å²) in [4.78, 5) is 18.8. The standard InChI is InChI=1S/C14H20N2O2/c1-12-7-9-16(10-8-12)14(17)15-18-11-13-5-3-2-4-6-13/h2-6,12H,7-11H2,1H3,(H,15,17). The molecule has 1 aliphatic rings. The van der Waals surface area contributed by atoms with Gasteiger partial charge >= 0.3 is 6.03 Å². The van der Waals surface area contributed by atoms with Crippen molar-refractivity contribution < 1.29 is 9.63 Å². The van der Waals surface area contributed by atoms with E-state index in [1.165, 1.54) is 0 Å². The van der Waals surface area contributed by atoms with Crippen molar-refractivity contribution in [1.82, 2.24) is 10.4 Å². The Morgan fingerprint density at radius 1 is 1.33 bits per heavy atom. The van der Waals surface area contributed by atoms with Crippen LogP contribution in [0.2, 0.25) is 0 Å². The van der Waals surface area contributed by atoms with Crippen LogP contribution in [-0.4, -0.2) is 24.0 Å². The Hall–Kier alpha value is -1.55. The molecule has 0 saturated carbocycles. The molecule has 0 spiro atoms. The fourth-order valence-corrected chi connectivity index (χ4v) is 2.03. The van der Waals surface area contributed by atoms with E-state index in [4.69, 9.17) is 4.84 Å². The van der Waals surface area contributed by atoms with E-state index in [1.54, 1.807) is 0 Å². The van der Waals surface area contributed by atoms with Crippen LogP contribution in [0.1, 0.15) is 25.3 Å². The first-order valence-corrected chi connectivity index (χ1v) is 6.46. The van der Waals surface area contributed by atoms with Gasteiger partial charge in [-0.3, -0.25) is 4.84 Å². The number of hydrogen-bond acceptors (Lipinski definition) is 2. The predicted octanol–water partition coefficient (Wildman–Crippen LogP) is 2.56. The molecule has 1 fully saturated rings. The highest BCUT2D eigenvalue weighted by molar-refractivity contribution is 5.73. The second-order valence-electron chi connectivity index (χ2n) is 4.85. The number of benzene rings is 1. The highest BCUT2D eigenvalue weighted by Crippen LogP contribution is 2.15. The Morgan fingerprint density at radius 2 is 2.00 bits per heavy atom. The molecule has 1 aliphatic heterocycles. The highest BCUT2D eigenvalue weighted by atomic mass is 16.7. The van der Waals surface area contributed by atoms with Crippen molar-refractivity contribution in [2.45, 2.75) is 26.4 Å². The van der Waals surface area contributed by atoms with Crippen LogP contribution >= 0.6 is 0 Å². The first kappa shape index (κ1) is 12.9. The molecule has 0 atom stereocenters. The lowest BCUT2D eigenvalue weighted by molar-refractivity contribution is 0.0331. The zero-order valence-corrected chi connectivity index (χ0v) is 10.8. The van der Waals surface area contributed by atoms with E-state index < -0.39 is 0 Å². The van der Waals surface area contributed by atoms with Crippen molar-refractivity contribution in [1.29, 1.82) is 0 Å². The number of urea groups is 1. The third-order valence-corrected chi connectivity index (χ3v) is 3.31. The van der Waals surface area contributed by atoms with Crippen molar-refractivity contribution in [2.75, 3.05) is 13.1 Å². The van der Waals surface area contributed by atoms with Gasteiger partial charge in [-0.15, -0.1) is 0 Å². The average molecular weight is 248 g/mol. The smallest absolute Gasteiger partial charge is 0.323 e. The largest absolute Gasteiger partial charge is 0.341 e. The Bertz CT molecular complexity index is 373. The Balaban J connectivity index is 1.69. The lowest BCUT2D eigenvalue weighted by Crippen LogP contribution is -2.44. The molecular formula is C14H20N2O2. The van der Waals surface area contributed by atoms with Crippen LogP contribution in [0.4, 0.5) is 4.79 Å². The number of hydrogen-bond donors (Lipinski definition) is 1. The lowest BCUT2D eigenvalue weighted by atomic mass is 10.00. The quantitative estimate of drug-likeness (QED) is 0.835. The molecule has 0 aliphatic carbocycles. The van der Waals surface area contributed by atoms with Gasteiger partial charge in [0.1, 0.15) is 0 Å². The van der Waals surface area contributed by atoms with Crippen LogP contribution in [0.3, 0.4) is 0 Å². The van der Waals surface area contributed by atoms with E-state index in [9.17, 15) is 4.79 Å². The Morgan fingerprint density at radius 3 is 2.67 bits per heavy atom. The molecule has 4 heteroatoms. The molecular weight excluding hydrogens is 228 g/mol. The number of piperidine rings is 1. The third kappa shape index (κ3) is 3.74. The van der Waals surface area contributed by atoms with Crippen molar-refractivity contribution in [3.63, 3.8) is 0 Å². The molecule has 1 N–H and O–H groups in total. The molecule has 0 radical (unpaired) electrons. The maximum Gasteiger partial charge on any atom is 0.341 e. The molecule has 1 aromatic carbocycles. The number of carbonyl (C=O) groups excluding carboxylic acids is 1. The maximum atomic E-state index is 11.8. The lowest BCUT2D eigenvalue weighted by Gasteiger charge is -2.29. The van der Waals surface area contributed by atoms with Crippen LogP contribution < -0.4 is 5.48 Å². The second kappa shape index (κ2) is 6.40. The van der Waals surface area contributed by atoms with E-state index in [0.717, 1.165) is 37.4 Å². The summed E-state index contributed by atoms with van der Waals surface area (Å²) < 4.78 is 0. The fourth-order valence-electron chi connectivity index (χ4n) is 2.03. The van der Waals surface area contributed by atoms with Crippen molar-refractivity contribution in [2.24, 2.45) is 5.92 Å². The number of rotatable bonds is 3. The van der Waals surface area contributed by atoms with Gasteiger partial charge in [0, 0.05) is 13.1 Å². The number of hydroxylamine groups is 1. The van der Waals surface area contributed by atoms with Crippen LogP contribution in [0, 0.1) is 5.92 Å². The van der Waals surface area contributed by atoms with Gasteiger partial charge < -0.3 is 4.90 Å². The van der Waals surface area contributed by atoms with Crippen LogP contribution in [0.5, 0.6) is 0 Å². The van der Waals surface area contributed by atoms with Gasteiger partial charge in [0.15, 0.2) is 0 Å². The summed E-state index contributed by atoms with van der Waals surface area (Å²) in [7, 11) is 0. The summed E-state index contributed by atoms with van der Waals surface area (Å²) >= 11 is 0. The molecule has 0 bridgehead atoms. The van der Waals surface area contributed by atoms with E-state index in [-0.39, 0.29) is 6.03 Å². The molecule has 2 rings (SSSR count). The van der Waals surface area contributed by atoms with E-state index in [0.29, 0.717) is 6.61 Å². The van der Waals surface area contributed by atoms with Gasteiger partial charge in [-0.2, -0.15) is 0 Å². The zero-order chi connectivity index (χ0) is 12.8. The third-order valence-electron chi connectivity index (χ3n) is 3.31. The zero-order valence-electron chi connectivity index (χ0n) is 10.8. The molecule has 2 amide bonds. The molecule has 0 unspecified atom stereocenters. The minimum Gasteiger partial charge on any atom is -0.323 e. The fraction of sp³-hybridized carbons (Fsp3) is 0.500. The van der Waals surface area contributed by atoms with Crippen molar-refractivity contribution in [3.8, 4) is 0 Å². The van der Waals surface area contributed by atoms with Gasteiger partial charge in [0.25, 0.3) is 0 Å². The normalized spacial score (nSPS) is 16.6. The summed E-state index contributed by atoms with van der Waals surface area (Å²) in [6, 6.07) is 9.66. The Kier molecular flexibility index (Phi) is 4.59. The maximum absolute atomic E-state index is 11.8. The van der Waals surface area contributed by atoms with Crippen molar-refractivity contribution >= 4 is 6.03 Å². The average Bonchev–Trinajstić information content (AvgIpc) is 2.40. The molecule has 4 nitrogen and oxygen atoms in total. The molecule has 98 valence electrons. The predicted molar refractivity (Wildman–Crippen MR) is 69.7 cm³/mol. The Labute approximate surface area is 108 Å². The number of likely N-dealkylation sites (tertiary alicyclic amines) is 1. The van der Waals surface area contributed by atoms with Crippen molar-refractivity contribution in [3.05, 3.63) is 35.9 Å². The van der Waals surface area contributed by atoms with Gasteiger partial charge in [0.05, 0.1) is 6.61 Å². The van der Waals surface area contributed by atoms with E-state index in [2.05, 4.69) is 12.4 Å². The monoisotopic (exact) mass is 248 g/mol. The molecule has 1 aromatic rings. The topological polar surface area (TPSA) is 41.6 Å². The van der Waals surface area contributed by atoms with Crippen LogP contribution in [0.15, 0.2) is 30.3 Å². The minimum absolute atomic E-state index is 0.127. The summed E-state index contributed by atoms with van der Waals surface area (Å²) in [5, 5.41) is 0. The number of carbonyl (C=O) groups is 1. The SMILES string of the molecule is CC1CCN(C(=O)NOCc2ccccc2)CC1. The minimum atomic E-state index is -0.127. The summed E-state index contributed by atoms with van der Waals surface area (Å²) in [5.41, 5.74) is 3.55. The van der Waals surface area contributed by atoms with Crippen LogP contribution in [-0.2, 0) is 11.4 Å². The van der Waals surface area contributed by atoms with E-state index in [1.807, 2.05) is 35.2 Å². The van der Waals surface area contributed by atoms with E-state index >= 15 is 0 Å². The van der Waals surface area contributed by atoms with Gasteiger partial charge in [0.2, 0.25) is 0 Å². The molecule has 0 aromatic heterocycles. The summed E-state index contributed by atoms with van der Waals surface area (Å²) in [6.07, 6.45) is 2.15. The number of nitrogens with one attached hydrogen (secondary N) is 1. The van der Waals surface area contributed by atoms with Gasteiger partial charge in [-0.25, -0.2) is 10.3 Å². The summed E-state index contributed by atoms with van der Waals surface area (Å²) in [5.74, 6) is 0.722.